The van der Waals surface area contributed by atoms with Crippen LogP contribution in [0.5, 0.6) is 0 Å². The summed E-state index contributed by atoms with van der Waals surface area (Å²) in [6.07, 6.45) is 0.605. The van der Waals surface area contributed by atoms with Crippen LogP contribution in [0.2, 0.25) is 5.02 Å². The number of hydrogen-bond donors (Lipinski definition) is 3. The summed E-state index contributed by atoms with van der Waals surface area (Å²) in [5.41, 5.74) is 3.31. The van der Waals surface area contributed by atoms with E-state index < -0.39 is 0 Å². The Morgan fingerprint density at radius 1 is 1.10 bits per heavy atom. The van der Waals surface area contributed by atoms with E-state index in [0.717, 1.165) is 11.1 Å². The predicted molar refractivity (Wildman–Crippen MR) is 86.1 cm³/mol. The molecule has 110 valence electrons. The van der Waals surface area contributed by atoms with Gasteiger partial charge in [0.25, 0.3) is 0 Å². The molecular weight excluding hydrogens is 288 g/mol. The van der Waals surface area contributed by atoms with Crippen molar-refractivity contribution in [3.8, 4) is 0 Å². The third-order valence-electron chi connectivity index (χ3n) is 3.04. The van der Waals surface area contributed by atoms with Crippen molar-refractivity contribution in [2.45, 2.75) is 13.3 Å². The number of halogens is 1. The average molecular weight is 305 g/mol. The van der Waals surface area contributed by atoms with E-state index >= 15 is 0 Å². The number of urea groups is 1. The summed E-state index contributed by atoms with van der Waals surface area (Å²) in [5, 5.41) is 14.9. The average Bonchev–Trinajstić information content (AvgIpc) is 2.45. The zero-order valence-electron chi connectivity index (χ0n) is 11.7. The van der Waals surface area contributed by atoms with Crippen molar-refractivity contribution in [3.63, 3.8) is 0 Å². The molecule has 0 atom stereocenters. The molecule has 5 heteroatoms. The molecule has 0 aliphatic heterocycles. The molecule has 0 aliphatic rings. The molecule has 0 unspecified atom stereocenters. The second-order valence-corrected chi connectivity index (χ2v) is 5.12. The fraction of sp³-hybridized carbons (Fsp3) is 0.188. The van der Waals surface area contributed by atoms with Gasteiger partial charge in [-0.1, -0.05) is 29.8 Å². The molecule has 0 radical (unpaired) electrons. The van der Waals surface area contributed by atoms with Crippen molar-refractivity contribution in [1.29, 1.82) is 0 Å². The minimum Gasteiger partial charge on any atom is -0.396 e. The molecule has 0 heterocycles. The van der Waals surface area contributed by atoms with Crippen LogP contribution in [0.4, 0.5) is 16.2 Å². The Labute approximate surface area is 128 Å². The van der Waals surface area contributed by atoms with Gasteiger partial charge in [-0.15, -0.1) is 0 Å². The van der Waals surface area contributed by atoms with Crippen LogP contribution >= 0.6 is 11.6 Å². The lowest BCUT2D eigenvalue weighted by Crippen LogP contribution is -2.19. The monoisotopic (exact) mass is 304 g/mol. The number of carbonyl (C=O) groups excluding carboxylic acids is 1. The van der Waals surface area contributed by atoms with E-state index in [-0.39, 0.29) is 12.6 Å². The van der Waals surface area contributed by atoms with Gasteiger partial charge in [-0.25, -0.2) is 4.79 Å². The summed E-state index contributed by atoms with van der Waals surface area (Å²) in [6.45, 7) is 2.02. The van der Waals surface area contributed by atoms with Gasteiger partial charge in [0.2, 0.25) is 0 Å². The molecule has 2 rings (SSSR count). The van der Waals surface area contributed by atoms with Crippen LogP contribution in [0, 0.1) is 6.92 Å². The fourth-order valence-electron chi connectivity index (χ4n) is 1.85. The highest BCUT2D eigenvalue weighted by Gasteiger charge is 2.04. The molecule has 21 heavy (non-hydrogen) atoms. The van der Waals surface area contributed by atoms with Gasteiger partial charge in [0, 0.05) is 23.0 Å². The number of hydrogen-bond acceptors (Lipinski definition) is 2. The predicted octanol–water partition coefficient (Wildman–Crippen LogP) is 3.83. The summed E-state index contributed by atoms with van der Waals surface area (Å²) in [7, 11) is 0. The van der Waals surface area contributed by atoms with E-state index in [9.17, 15) is 4.79 Å². The molecular formula is C16H17ClN2O2. The van der Waals surface area contributed by atoms with Gasteiger partial charge >= 0.3 is 6.03 Å². The topological polar surface area (TPSA) is 61.4 Å². The highest BCUT2D eigenvalue weighted by Crippen LogP contribution is 2.20. The van der Waals surface area contributed by atoms with E-state index in [0.29, 0.717) is 22.8 Å². The number of aliphatic hydroxyl groups is 1. The first-order valence-corrected chi connectivity index (χ1v) is 7.00. The molecule has 0 fully saturated rings. The van der Waals surface area contributed by atoms with Crippen LogP contribution in [-0.4, -0.2) is 17.7 Å². The molecule has 0 saturated heterocycles. The summed E-state index contributed by atoms with van der Waals surface area (Å²) in [5.74, 6) is 0. The maximum atomic E-state index is 11.9. The molecule has 0 aliphatic carbocycles. The first-order chi connectivity index (χ1) is 10.1. The minimum absolute atomic E-state index is 0.113. The van der Waals surface area contributed by atoms with Crippen LogP contribution < -0.4 is 10.6 Å². The second-order valence-electron chi connectivity index (χ2n) is 4.71. The standard InChI is InChI=1S/C16H17ClN2O2/c1-11-2-5-14(10-15(11)17)19-16(21)18-13-6-3-12(4-7-13)8-9-20/h2-7,10,20H,8-9H2,1H3,(H2,18,19,21). The van der Waals surface area contributed by atoms with Gasteiger partial charge in [0.05, 0.1) is 0 Å². The van der Waals surface area contributed by atoms with Gasteiger partial charge in [-0.2, -0.15) is 0 Å². The number of rotatable bonds is 4. The Balaban J connectivity index is 1.96. The molecule has 0 bridgehead atoms. The van der Waals surface area contributed by atoms with Gasteiger partial charge in [-0.3, -0.25) is 0 Å². The first kappa shape index (κ1) is 15.4. The van der Waals surface area contributed by atoms with Crippen molar-refractivity contribution < 1.29 is 9.90 Å². The molecule has 2 aromatic rings. The molecule has 2 amide bonds. The van der Waals surface area contributed by atoms with Crippen LogP contribution in [0.3, 0.4) is 0 Å². The highest BCUT2D eigenvalue weighted by molar-refractivity contribution is 6.31. The Kier molecular flexibility index (Phi) is 5.20. The Hall–Kier alpha value is -2.04. The number of amides is 2. The van der Waals surface area contributed by atoms with E-state index in [1.54, 1.807) is 24.3 Å². The zero-order valence-corrected chi connectivity index (χ0v) is 12.4. The lowest BCUT2D eigenvalue weighted by atomic mass is 10.1. The van der Waals surface area contributed by atoms with Crippen LogP contribution in [-0.2, 0) is 6.42 Å². The quantitative estimate of drug-likeness (QED) is 0.804. The number of carbonyl (C=O) groups is 1. The summed E-state index contributed by atoms with van der Waals surface area (Å²) in [4.78, 5) is 11.9. The normalized spacial score (nSPS) is 10.2. The highest BCUT2D eigenvalue weighted by atomic mass is 35.5. The molecule has 0 aromatic heterocycles. The summed E-state index contributed by atoms with van der Waals surface area (Å²) >= 11 is 6.01. The van der Waals surface area contributed by atoms with Crippen LogP contribution in [0.15, 0.2) is 42.5 Å². The third kappa shape index (κ3) is 4.48. The van der Waals surface area contributed by atoms with Crippen molar-refractivity contribution in [2.24, 2.45) is 0 Å². The number of aliphatic hydroxyl groups excluding tert-OH is 1. The minimum atomic E-state index is -0.329. The van der Waals surface area contributed by atoms with Crippen molar-refractivity contribution in [1.82, 2.24) is 0 Å². The molecule has 3 N–H and O–H groups in total. The number of anilines is 2. The number of benzene rings is 2. The van der Waals surface area contributed by atoms with Crippen LogP contribution in [0.25, 0.3) is 0 Å². The van der Waals surface area contributed by atoms with Gasteiger partial charge in [-0.05, 0) is 48.7 Å². The summed E-state index contributed by atoms with van der Waals surface area (Å²) < 4.78 is 0. The lowest BCUT2D eigenvalue weighted by Gasteiger charge is -2.09. The van der Waals surface area contributed by atoms with Gasteiger partial charge < -0.3 is 15.7 Å². The number of aryl methyl sites for hydroxylation is 1. The Bertz CT molecular complexity index is 627. The Morgan fingerprint density at radius 3 is 2.33 bits per heavy atom. The maximum Gasteiger partial charge on any atom is 0.323 e. The SMILES string of the molecule is Cc1ccc(NC(=O)Nc2ccc(CCO)cc2)cc1Cl. The molecule has 0 saturated carbocycles. The third-order valence-corrected chi connectivity index (χ3v) is 3.45. The molecule has 4 nitrogen and oxygen atoms in total. The van der Waals surface area contributed by atoms with Crippen LogP contribution in [0.1, 0.15) is 11.1 Å². The van der Waals surface area contributed by atoms with Crippen molar-refractivity contribution >= 4 is 29.0 Å². The molecule has 0 spiro atoms. The van der Waals surface area contributed by atoms with Crippen molar-refractivity contribution in [2.75, 3.05) is 17.2 Å². The van der Waals surface area contributed by atoms with E-state index in [4.69, 9.17) is 16.7 Å². The van der Waals surface area contributed by atoms with E-state index in [1.807, 2.05) is 25.1 Å². The van der Waals surface area contributed by atoms with Gasteiger partial charge in [0.1, 0.15) is 0 Å². The molecule has 2 aromatic carbocycles. The van der Waals surface area contributed by atoms with E-state index in [1.165, 1.54) is 0 Å². The maximum absolute atomic E-state index is 11.9. The van der Waals surface area contributed by atoms with Crippen molar-refractivity contribution in [3.05, 3.63) is 58.6 Å². The fourth-order valence-corrected chi connectivity index (χ4v) is 2.03. The number of nitrogens with one attached hydrogen (secondary N) is 2. The smallest absolute Gasteiger partial charge is 0.323 e. The first-order valence-electron chi connectivity index (χ1n) is 6.62. The largest absolute Gasteiger partial charge is 0.396 e. The second kappa shape index (κ2) is 7.11. The summed E-state index contributed by atoms with van der Waals surface area (Å²) in [6, 6.07) is 12.4. The Morgan fingerprint density at radius 2 is 1.71 bits per heavy atom. The van der Waals surface area contributed by atoms with Gasteiger partial charge in [0.15, 0.2) is 0 Å². The lowest BCUT2D eigenvalue weighted by molar-refractivity contribution is 0.262. The van der Waals surface area contributed by atoms with E-state index in [2.05, 4.69) is 10.6 Å². The zero-order chi connectivity index (χ0) is 15.2.